The Kier molecular flexibility index (Phi) is 9.64. The smallest absolute Gasteiger partial charge is 0.314 e. The molecule has 0 spiro atoms. The van der Waals surface area contributed by atoms with Crippen molar-refractivity contribution in [2.75, 3.05) is 0 Å². The molecule has 0 saturated heterocycles. The first-order chi connectivity index (χ1) is 17.1. The van der Waals surface area contributed by atoms with Crippen molar-refractivity contribution in [2.45, 2.75) is 110 Å². The summed E-state index contributed by atoms with van der Waals surface area (Å²) in [6.07, 6.45) is 20.8. The third kappa shape index (κ3) is 6.87. The van der Waals surface area contributed by atoms with Crippen LogP contribution < -0.4 is 4.74 Å². The number of unbranched alkanes of at least 4 members (excludes halogenated alkanes) is 4. The Labute approximate surface area is 211 Å². The van der Waals surface area contributed by atoms with Crippen LogP contribution in [0, 0.1) is 52.7 Å². The highest BCUT2D eigenvalue weighted by Gasteiger charge is 2.43. The normalized spacial score (nSPS) is 30.8. The molecule has 4 rings (SSSR count). The van der Waals surface area contributed by atoms with Gasteiger partial charge in [-0.25, -0.2) is 4.39 Å². The second-order valence-electron chi connectivity index (χ2n) is 11.7. The lowest BCUT2D eigenvalue weighted by molar-refractivity contribution is -0.144. The Morgan fingerprint density at radius 1 is 0.971 bits per heavy atom. The van der Waals surface area contributed by atoms with E-state index in [9.17, 15) is 9.18 Å². The number of carbonyl (C=O) groups is 1. The molecule has 0 heterocycles. The molecule has 0 N–H and O–H groups in total. The topological polar surface area (TPSA) is 50.1 Å². The zero-order chi connectivity index (χ0) is 24.6. The summed E-state index contributed by atoms with van der Waals surface area (Å²) in [6.45, 7) is 2.28. The highest BCUT2D eigenvalue weighted by atomic mass is 19.1. The van der Waals surface area contributed by atoms with Crippen LogP contribution in [0.4, 0.5) is 4.39 Å². The van der Waals surface area contributed by atoms with Crippen molar-refractivity contribution >= 4 is 5.97 Å². The Balaban J connectivity index is 1.25. The van der Waals surface area contributed by atoms with Gasteiger partial charge in [0.15, 0.2) is 11.6 Å². The maximum atomic E-state index is 14.3. The van der Waals surface area contributed by atoms with E-state index >= 15 is 0 Å². The number of esters is 1. The lowest BCUT2D eigenvalue weighted by Crippen LogP contribution is -2.40. The molecule has 35 heavy (non-hydrogen) atoms. The van der Waals surface area contributed by atoms with Crippen molar-refractivity contribution in [2.24, 2.45) is 35.5 Å². The SMILES string of the molecule is CCCCCCCC1CCC(C2CCC3C(CCCC3C(=O)Oc3ccc(C#N)cc3F)C2)CC1. The van der Waals surface area contributed by atoms with Crippen molar-refractivity contribution in [3.8, 4) is 11.8 Å². The van der Waals surface area contributed by atoms with Gasteiger partial charge in [-0.1, -0.05) is 71.1 Å². The third-order valence-corrected chi connectivity index (χ3v) is 9.54. The Hall–Kier alpha value is -1.89. The van der Waals surface area contributed by atoms with Crippen molar-refractivity contribution in [1.82, 2.24) is 0 Å². The molecule has 0 radical (unpaired) electrons. The number of rotatable bonds is 9. The average Bonchev–Trinajstić information content (AvgIpc) is 2.89. The first-order valence-corrected chi connectivity index (χ1v) is 14.5. The fraction of sp³-hybridized carbons (Fsp3) is 0.742. The number of nitrogens with zero attached hydrogens (tertiary/aromatic N) is 1. The number of fused-ring (bicyclic) bond motifs is 1. The number of ether oxygens (including phenoxy) is 1. The summed E-state index contributed by atoms with van der Waals surface area (Å²) in [6, 6.07) is 5.96. The zero-order valence-electron chi connectivity index (χ0n) is 21.7. The predicted molar refractivity (Wildman–Crippen MR) is 137 cm³/mol. The van der Waals surface area contributed by atoms with Crippen LogP contribution in [0.3, 0.4) is 0 Å². The van der Waals surface area contributed by atoms with Gasteiger partial charge in [-0.05, 0) is 86.3 Å². The highest BCUT2D eigenvalue weighted by Crippen LogP contribution is 2.50. The zero-order valence-corrected chi connectivity index (χ0v) is 21.7. The van der Waals surface area contributed by atoms with Crippen LogP contribution in [0.25, 0.3) is 0 Å². The number of carbonyl (C=O) groups excluding carboxylic acids is 1. The summed E-state index contributed by atoms with van der Waals surface area (Å²) >= 11 is 0. The number of benzene rings is 1. The molecule has 4 atom stereocenters. The fourth-order valence-electron chi connectivity index (χ4n) is 7.54. The minimum absolute atomic E-state index is 0.0491. The number of halogens is 1. The average molecular weight is 482 g/mol. The summed E-state index contributed by atoms with van der Waals surface area (Å²) in [5, 5.41) is 8.93. The summed E-state index contributed by atoms with van der Waals surface area (Å²) < 4.78 is 19.8. The van der Waals surface area contributed by atoms with Crippen LogP contribution in [0.2, 0.25) is 0 Å². The minimum atomic E-state index is -0.634. The minimum Gasteiger partial charge on any atom is -0.423 e. The van der Waals surface area contributed by atoms with E-state index in [4.69, 9.17) is 10.00 Å². The molecule has 0 aliphatic heterocycles. The molecular weight excluding hydrogens is 437 g/mol. The van der Waals surface area contributed by atoms with Gasteiger partial charge in [0, 0.05) is 0 Å². The fourth-order valence-corrected chi connectivity index (χ4v) is 7.54. The first-order valence-electron chi connectivity index (χ1n) is 14.5. The van der Waals surface area contributed by atoms with E-state index in [1.807, 2.05) is 6.07 Å². The molecule has 3 aliphatic rings. The summed E-state index contributed by atoms with van der Waals surface area (Å²) in [4.78, 5) is 13.0. The van der Waals surface area contributed by atoms with E-state index in [0.29, 0.717) is 11.8 Å². The van der Waals surface area contributed by atoms with E-state index in [-0.39, 0.29) is 23.2 Å². The van der Waals surface area contributed by atoms with Crippen molar-refractivity contribution in [3.05, 3.63) is 29.6 Å². The van der Waals surface area contributed by atoms with Gasteiger partial charge in [0.2, 0.25) is 0 Å². The predicted octanol–water partition coefficient (Wildman–Crippen LogP) is 8.60. The van der Waals surface area contributed by atoms with Gasteiger partial charge in [-0.15, -0.1) is 0 Å². The molecule has 1 aromatic rings. The lowest BCUT2D eigenvalue weighted by atomic mass is 9.59. The van der Waals surface area contributed by atoms with Crippen LogP contribution in [-0.2, 0) is 4.79 Å². The number of hydrogen-bond donors (Lipinski definition) is 0. The molecular formula is C31H44FNO2. The number of hydrogen-bond acceptors (Lipinski definition) is 3. The molecule has 4 unspecified atom stereocenters. The highest BCUT2D eigenvalue weighted by molar-refractivity contribution is 5.75. The van der Waals surface area contributed by atoms with Gasteiger partial charge in [0.1, 0.15) is 0 Å². The van der Waals surface area contributed by atoms with Crippen LogP contribution in [-0.4, -0.2) is 5.97 Å². The molecule has 0 amide bonds. The second-order valence-corrected chi connectivity index (χ2v) is 11.7. The van der Waals surface area contributed by atoms with Gasteiger partial charge in [-0.3, -0.25) is 4.79 Å². The molecule has 3 nitrogen and oxygen atoms in total. The van der Waals surface area contributed by atoms with E-state index in [0.717, 1.165) is 43.1 Å². The van der Waals surface area contributed by atoms with Crippen molar-refractivity contribution in [1.29, 1.82) is 5.26 Å². The number of nitriles is 1. The molecule has 0 bridgehead atoms. The van der Waals surface area contributed by atoms with Crippen LogP contribution in [0.1, 0.15) is 115 Å². The van der Waals surface area contributed by atoms with Gasteiger partial charge in [0.25, 0.3) is 0 Å². The molecule has 192 valence electrons. The first kappa shape index (κ1) is 26.2. The van der Waals surface area contributed by atoms with Crippen molar-refractivity contribution < 1.29 is 13.9 Å². The molecule has 3 aliphatic carbocycles. The van der Waals surface area contributed by atoms with E-state index in [2.05, 4.69) is 6.92 Å². The standard InChI is InChI=1S/C31H44FNO2/c1-2-3-4-5-6-8-22-11-14-24(15-12-22)25-16-17-27-26(20-25)9-7-10-28(27)31(34)35-30-18-13-23(21-33)19-29(30)32/h13,18-19,22,24-28H,2-12,14-17,20H2,1H3. The van der Waals surface area contributed by atoms with Crippen LogP contribution in [0.15, 0.2) is 18.2 Å². The Morgan fingerprint density at radius 2 is 1.74 bits per heavy atom. The molecule has 0 aromatic heterocycles. The summed E-state index contributed by atoms with van der Waals surface area (Å²) in [5.74, 6) is 2.59. The van der Waals surface area contributed by atoms with Crippen LogP contribution >= 0.6 is 0 Å². The van der Waals surface area contributed by atoms with Crippen molar-refractivity contribution in [3.63, 3.8) is 0 Å². The monoisotopic (exact) mass is 481 g/mol. The second kappa shape index (κ2) is 12.9. The van der Waals surface area contributed by atoms with Gasteiger partial charge < -0.3 is 4.74 Å². The quantitative estimate of drug-likeness (QED) is 0.201. The van der Waals surface area contributed by atoms with E-state index in [1.165, 1.54) is 95.6 Å². The Morgan fingerprint density at radius 3 is 2.49 bits per heavy atom. The third-order valence-electron chi connectivity index (χ3n) is 9.54. The van der Waals surface area contributed by atoms with Gasteiger partial charge in [-0.2, -0.15) is 5.26 Å². The maximum absolute atomic E-state index is 14.3. The molecule has 4 heteroatoms. The maximum Gasteiger partial charge on any atom is 0.314 e. The largest absolute Gasteiger partial charge is 0.423 e. The van der Waals surface area contributed by atoms with Gasteiger partial charge >= 0.3 is 5.97 Å². The molecule has 1 aromatic carbocycles. The summed E-state index contributed by atoms with van der Waals surface area (Å²) in [7, 11) is 0. The van der Waals surface area contributed by atoms with E-state index in [1.54, 1.807) is 0 Å². The lowest BCUT2D eigenvalue weighted by Gasteiger charge is -2.46. The summed E-state index contributed by atoms with van der Waals surface area (Å²) in [5.41, 5.74) is 0.236. The van der Waals surface area contributed by atoms with Crippen LogP contribution in [0.5, 0.6) is 5.75 Å². The van der Waals surface area contributed by atoms with E-state index < -0.39 is 5.82 Å². The van der Waals surface area contributed by atoms with Gasteiger partial charge in [0.05, 0.1) is 17.6 Å². The molecule has 3 fully saturated rings. The Bertz CT molecular complexity index is 869. The molecule has 3 saturated carbocycles.